The van der Waals surface area contributed by atoms with Crippen LogP contribution in [0.25, 0.3) is 0 Å². The average Bonchev–Trinajstić information content (AvgIpc) is 3.31. The molecule has 0 spiro atoms. The minimum Gasteiger partial charge on any atom is -0.481 e. The summed E-state index contributed by atoms with van der Waals surface area (Å²) < 4.78 is 5.17. The van der Waals surface area contributed by atoms with Crippen molar-refractivity contribution in [3.05, 3.63) is 12.3 Å². The monoisotopic (exact) mass is 358 g/mol. The van der Waals surface area contributed by atoms with Crippen molar-refractivity contribution in [1.82, 2.24) is 15.3 Å². The predicted octanol–water partition coefficient (Wildman–Crippen LogP) is 2.64. The summed E-state index contributed by atoms with van der Waals surface area (Å²) in [5, 5.41) is 3.20. The first-order chi connectivity index (χ1) is 12.7. The van der Waals surface area contributed by atoms with Gasteiger partial charge in [-0.25, -0.2) is 4.98 Å². The number of hydrogen-bond acceptors (Lipinski definition) is 5. The summed E-state index contributed by atoms with van der Waals surface area (Å²) in [5.74, 6) is 4.43. The summed E-state index contributed by atoms with van der Waals surface area (Å²) >= 11 is 0. The molecule has 6 nitrogen and oxygen atoms in total. The molecule has 3 atom stereocenters. The fourth-order valence-electron chi connectivity index (χ4n) is 5.20. The maximum atomic E-state index is 12.5. The van der Waals surface area contributed by atoms with Crippen LogP contribution < -0.4 is 15.0 Å². The first-order valence-corrected chi connectivity index (χ1v) is 10.1. The average molecular weight is 358 g/mol. The van der Waals surface area contributed by atoms with Crippen molar-refractivity contribution < 1.29 is 9.53 Å². The SMILES string of the molecule is COc1ccnc(N2CCC(C(=O)NCCC3CC4CCC3C4)CC2)n1. The van der Waals surface area contributed by atoms with Crippen molar-refractivity contribution in [2.24, 2.45) is 23.7 Å². The highest BCUT2D eigenvalue weighted by atomic mass is 16.5. The van der Waals surface area contributed by atoms with Gasteiger partial charge in [0.1, 0.15) is 0 Å². The van der Waals surface area contributed by atoms with Crippen LogP contribution in [0.2, 0.25) is 0 Å². The van der Waals surface area contributed by atoms with Crippen LogP contribution in [0.5, 0.6) is 5.88 Å². The molecule has 3 aliphatic rings. The van der Waals surface area contributed by atoms with E-state index in [1.54, 1.807) is 19.4 Å². The lowest BCUT2D eigenvalue weighted by atomic mass is 9.86. The van der Waals surface area contributed by atoms with Crippen LogP contribution in [0.1, 0.15) is 44.9 Å². The molecule has 2 aliphatic carbocycles. The third kappa shape index (κ3) is 3.79. The van der Waals surface area contributed by atoms with Crippen LogP contribution in [0, 0.1) is 23.7 Å². The third-order valence-electron chi connectivity index (χ3n) is 6.67. The van der Waals surface area contributed by atoms with E-state index in [4.69, 9.17) is 4.74 Å². The second kappa shape index (κ2) is 7.80. The van der Waals surface area contributed by atoms with Gasteiger partial charge in [0, 0.05) is 37.8 Å². The van der Waals surface area contributed by atoms with Crippen molar-refractivity contribution in [3.8, 4) is 5.88 Å². The Morgan fingerprint density at radius 3 is 2.81 bits per heavy atom. The van der Waals surface area contributed by atoms with Crippen LogP contribution in [0.15, 0.2) is 12.3 Å². The molecule has 1 amide bonds. The molecule has 3 unspecified atom stereocenters. The summed E-state index contributed by atoms with van der Waals surface area (Å²) in [5.41, 5.74) is 0. The third-order valence-corrected chi connectivity index (χ3v) is 6.67. The Morgan fingerprint density at radius 2 is 2.12 bits per heavy atom. The number of carbonyl (C=O) groups excluding carboxylic acids is 1. The molecule has 0 aromatic carbocycles. The second-order valence-electron chi connectivity index (χ2n) is 8.17. The number of piperidine rings is 1. The Bertz CT molecular complexity index is 630. The number of carbonyl (C=O) groups is 1. The Kier molecular flexibility index (Phi) is 5.27. The van der Waals surface area contributed by atoms with Crippen molar-refractivity contribution in [2.45, 2.75) is 44.9 Å². The topological polar surface area (TPSA) is 67.3 Å². The second-order valence-corrected chi connectivity index (χ2v) is 8.17. The van der Waals surface area contributed by atoms with Gasteiger partial charge in [0.25, 0.3) is 0 Å². The van der Waals surface area contributed by atoms with Crippen LogP contribution in [0.3, 0.4) is 0 Å². The fraction of sp³-hybridized carbons (Fsp3) is 0.750. The van der Waals surface area contributed by atoms with Gasteiger partial charge in [-0.15, -0.1) is 0 Å². The van der Waals surface area contributed by atoms with Gasteiger partial charge in [0.2, 0.25) is 17.7 Å². The van der Waals surface area contributed by atoms with Crippen molar-refractivity contribution >= 4 is 11.9 Å². The van der Waals surface area contributed by atoms with Gasteiger partial charge in [-0.05, 0) is 56.3 Å². The van der Waals surface area contributed by atoms with E-state index in [2.05, 4.69) is 20.2 Å². The van der Waals surface area contributed by atoms with E-state index in [0.29, 0.717) is 11.8 Å². The van der Waals surface area contributed by atoms with E-state index in [1.165, 1.54) is 32.1 Å². The Labute approximate surface area is 155 Å². The number of ether oxygens (including phenoxy) is 1. The lowest BCUT2D eigenvalue weighted by Gasteiger charge is -2.31. The Hall–Kier alpha value is -1.85. The zero-order valence-electron chi connectivity index (χ0n) is 15.7. The molecule has 1 aromatic heterocycles. The van der Waals surface area contributed by atoms with E-state index in [1.807, 2.05) is 0 Å². The van der Waals surface area contributed by atoms with Crippen LogP contribution in [-0.4, -0.2) is 42.6 Å². The van der Waals surface area contributed by atoms with Crippen LogP contribution in [-0.2, 0) is 4.79 Å². The van der Waals surface area contributed by atoms with E-state index in [0.717, 1.165) is 50.2 Å². The molecule has 2 bridgehead atoms. The maximum Gasteiger partial charge on any atom is 0.228 e. The highest BCUT2D eigenvalue weighted by Gasteiger charge is 2.39. The number of rotatable bonds is 6. The number of nitrogens with zero attached hydrogens (tertiary/aromatic N) is 3. The first kappa shape index (κ1) is 17.6. The van der Waals surface area contributed by atoms with Gasteiger partial charge in [-0.1, -0.05) is 6.42 Å². The number of fused-ring (bicyclic) bond motifs is 2. The fourth-order valence-corrected chi connectivity index (χ4v) is 5.20. The van der Waals surface area contributed by atoms with Crippen molar-refractivity contribution in [2.75, 3.05) is 31.6 Å². The van der Waals surface area contributed by atoms with Crippen molar-refractivity contribution in [1.29, 1.82) is 0 Å². The van der Waals surface area contributed by atoms with Gasteiger partial charge >= 0.3 is 0 Å². The molecular formula is C20H30N4O2. The normalized spacial score (nSPS) is 28.3. The van der Waals surface area contributed by atoms with Gasteiger partial charge in [-0.3, -0.25) is 4.79 Å². The minimum absolute atomic E-state index is 0.122. The predicted molar refractivity (Wildman–Crippen MR) is 100 cm³/mol. The maximum absolute atomic E-state index is 12.5. The smallest absolute Gasteiger partial charge is 0.228 e. The lowest BCUT2D eigenvalue weighted by Crippen LogP contribution is -2.41. The molecule has 1 aromatic rings. The number of anilines is 1. The van der Waals surface area contributed by atoms with Gasteiger partial charge in [-0.2, -0.15) is 4.98 Å². The molecular weight excluding hydrogens is 328 g/mol. The minimum atomic E-state index is 0.122. The first-order valence-electron chi connectivity index (χ1n) is 10.1. The summed E-state index contributed by atoms with van der Waals surface area (Å²) in [6.45, 7) is 2.49. The molecule has 1 saturated heterocycles. The van der Waals surface area contributed by atoms with E-state index >= 15 is 0 Å². The largest absolute Gasteiger partial charge is 0.481 e. The van der Waals surface area contributed by atoms with Gasteiger partial charge < -0.3 is 15.0 Å². The Balaban J connectivity index is 1.19. The number of aromatic nitrogens is 2. The highest BCUT2D eigenvalue weighted by molar-refractivity contribution is 5.78. The summed E-state index contributed by atoms with van der Waals surface area (Å²) in [7, 11) is 1.61. The summed E-state index contributed by atoms with van der Waals surface area (Å²) in [6.07, 6.45) is 10.3. The molecule has 3 fully saturated rings. The molecule has 26 heavy (non-hydrogen) atoms. The summed E-state index contributed by atoms with van der Waals surface area (Å²) in [4.78, 5) is 23.4. The van der Waals surface area contributed by atoms with E-state index < -0.39 is 0 Å². The van der Waals surface area contributed by atoms with Gasteiger partial charge in [0.15, 0.2) is 0 Å². The van der Waals surface area contributed by atoms with Gasteiger partial charge in [0.05, 0.1) is 7.11 Å². The van der Waals surface area contributed by atoms with E-state index in [-0.39, 0.29) is 11.8 Å². The number of amides is 1. The number of hydrogen-bond donors (Lipinski definition) is 1. The summed E-state index contributed by atoms with van der Waals surface area (Å²) in [6, 6.07) is 1.75. The quantitative estimate of drug-likeness (QED) is 0.847. The molecule has 4 rings (SSSR count). The molecule has 6 heteroatoms. The van der Waals surface area contributed by atoms with Crippen LogP contribution in [0.4, 0.5) is 5.95 Å². The lowest BCUT2D eigenvalue weighted by molar-refractivity contribution is -0.125. The number of nitrogens with one attached hydrogen (secondary N) is 1. The standard InChI is InChI=1S/C20H30N4O2/c1-26-18-5-9-22-20(23-18)24-10-6-15(7-11-24)19(25)21-8-4-17-13-14-2-3-16(17)12-14/h5,9,14-17H,2-4,6-8,10-13H2,1H3,(H,21,25). The van der Waals surface area contributed by atoms with Crippen LogP contribution >= 0.6 is 0 Å². The zero-order valence-corrected chi connectivity index (χ0v) is 15.7. The zero-order chi connectivity index (χ0) is 17.9. The highest BCUT2D eigenvalue weighted by Crippen LogP contribution is 2.49. The Morgan fingerprint density at radius 1 is 1.27 bits per heavy atom. The molecule has 1 N–H and O–H groups in total. The molecule has 2 saturated carbocycles. The molecule has 2 heterocycles. The van der Waals surface area contributed by atoms with E-state index in [9.17, 15) is 4.79 Å². The molecule has 142 valence electrons. The molecule has 1 aliphatic heterocycles. The molecule has 0 radical (unpaired) electrons. The van der Waals surface area contributed by atoms with Crippen molar-refractivity contribution in [3.63, 3.8) is 0 Å². The number of methoxy groups -OCH3 is 1.